The van der Waals surface area contributed by atoms with Crippen LogP contribution < -0.4 is 16.0 Å². The van der Waals surface area contributed by atoms with Crippen LogP contribution in [0.3, 0.4) is 0 Å². The maximum atomic E-state index is 11.5. The summed E-state index contributed by atoms with van der Waals surface area (Å²) in [7, 11) is 1.61. The van der Waals surface area contributed by atoms with Crippen LogP contribution in [0.15, 0.2) is 39.1 Å². The fraction of sp³-hybridized carbons (Fsp3) is 0.286. The summed E-state index contributed by atoms with van der Waals surface area (Å²) in [6.07, 6.45) is 0. The SMILES string of the molecule is COc1cccc(Sc2nc(C)cc(=O)[nH]2)c1[C@@H](C)N. The number of nitrogens with two attached hydrogens (primary N) is 1. The summed E-state index contributed by atoms with van der Waals surface area (Å²) in [6.45, 7) is 3.69. The van der Waals surface area contributed by atoms with Crippen molar-refractivity contribution in [3.63, 3.8) is 0 Å². The van der Waals surface area contributed by atoms with Gasteiger partial charge in [-0.05, 0) is 26.0 Å². The first-order valence-corrected chi connectivity index (χ1v) is 7.01. The van der Waals surface area contributed by atoms with Gasteiger partial charge in [-0.2, -0.15) is 0 Å². The molecule has 0 aliphatic carbocycles. The molecule has 6 heteroatoms. The molecular weight excluding hydrogens is 274 g/mol. The van der Waals surface area contributed by atoms with E-state index in [2.05, 4.69) is 9.97 Å². The van der Waals surface area contributed by atoms with Gasteiger partial charge >= 0.3 is 0 Å². The van der Waals surface area contributed by atoms with Crippen molar-refractivity contribution in [3.05, 3.63) is 45.9 Å². The molecule has 1 aromatic heterocycles. The van der Waals surface area contributed by atoms with Crippen LogP contribution in [-0.2, 0) is 0 Å². The summed E-state index contributed by atoms with van der Waals surface area (Å²) in [5.41, 5.74) is 7.45. The van der Waals surface area contributed by atoms with Crippen LogP contribution in [0.2, 0.25) is 0 Å². The molecule has 0 unspecified atom stereocenters. The summed E-state index contributed by atoms with van der Waals surface area (Å²) in [5.74, 6) is 0.736. The van der Waals surface area contributed by atoms with Crippen LogP contribution in [0.25, 0.3) is 0 Å². The van der Waals surface area contributed by atoms with E-state index >= 15 is 0 Å². The number of hydrogen-bond acceptors (Lipinski definition) is 5. The first-order valence-electron chi connectivity index (χ1n) is 6.19. The molecule has 106 valence electrons. The summed E-state index contributed by atoms with van der Waals surface area (Å²) in [6, 6.07) is 6.98. The molecule has 0 fully saturated rings. The van der Waals surface area contributed by atoms with Crippen molar-refractivity contribution in [1.82, 2.24) is 9.97 Å². The first-order chi connectivity index (χ1) is 9.51. The number of aromatic nitrogens is 2. The Morgan fingerprint density at radius 3 is 2.80 bits per heavy atom. The van der Waals surface area contributed by atoms with Gasteiger partial charge in [0.1, 0.15) is 5.75 Å². The molecule has 0 bridgehead atoms. The summed E-state index contributed by atoms with van der Waals surface area (Å²) >= 11 is 1.37. The highest BCUT2D eigenvalue weighted by molar-refractivity contribution is 7.99. The third-order valence-corrected chi connectivity index (χ3v) is 3.72. The number of aryl methyl sites for hydroxylation is 1. The molecule has 0 aliphatic rings. The monoisotopic (exact) mass is 291 g/mol. The lowest BCUT2D eigenvalue weighted by molar-refractivity contribution is 0.405. The van der Waals surface area contributed by atoms with Crippen LogP contribution in [0.4, 0.5) is 0 Å². The minimum atomic E-state index is -0.176. The number of hydrogen-bond donors (Lipinski definition) is 2. The number of benzene rings is 1. The molecule has 0 radical (unpaired) electrons. The van der Waals surface area contributed by atoms with Crippen molar-refractivity contribution in [2.75, 3.05) is 7.11 Å². The van der Waals surface area contributed by atoms with Crippen molar-refractivity contribution in [2.45, 2.75) is 29.9 Å². The molecule has 1 atom stereocenters. The average molecular weight is 291 g/mol. The van der Waals surface area contributed by atoms with Crippen molar-refractivity contribution in [2.24, 2.45) is 5.73 Å². The number of aromatic amines is 1. The molecule has 0 spiro atoms. The third-order valence-electron chi connectivity index (χ3n) is 2.76. The normalized spacial score (nSPS) is 12.2. The lowest BCUT2D eigenvalue weighted by atomic mass is 10.1. The van der Waals surface area contributed by atoms with E-state index in [1.54, 1.807) is 14.0 Å². The van der Waals surface area contributed by atoms with Crippen molar-refractivity contribution < 1.29 is 4.74 Å². The standard InChI is InChI=1S/C14H17N3O2S/c1-8-7-12(18)17-14(16-8)20-11-6-4-5-10(19-3)13(11)9(2)15/h4-7,9H,15H2,1-3H3,(H,16,17,18)/t9-/m1/s1. The van der Waals surface area contributed by atoms with E-state index in [9.17, 15) is 4.79 Å². The molecular formula is C14H17N3O2S. The molecule has 1 aromatic carbocycles. The van der Waals surface area contributed by atoms with Crippen LogP contribution in [0, 0.1) is 6.92 Å². The average Bonchev–Trinajstić information content (AvgIpc) is 2.36. The second-order valence-electron chi connectivity index (χ2n) is 4.45. The fourth-order valence-electron chi connectivity index (χ4n) is 1.94. The molecule has 5 nitrogen and oxygen atoms in total. The quantitative estimate of drug-likeness (QED) is 0.844. The lowest BCUT2D eigenvalue weighted by Crippen LogP contribution is -2.10. The van der Waals surface area contributed by atoms with Crippen LogP contribution in [0.1, 0.15) is 24.2 Å². The number of H-pyrrole nitrogens is 1. The molecule has 0 saturated heterocycles. The molecule has 3 N–H and O–H groups in total. The number of rotatable bonds is 4. The molecule has 0 saturated carbocycles. The number of methoxy groups -OCH3 is 1. The number of nitrogens with zero attached hydrogens (tertiary/aromatic N) is 1. The van der Waals surface area contributed by atoms with Gasteiger partial charge in [0.25, 0.3) is 5.56 Å². The van der Waals surface area contributed by atoms with Gasteiger partial charge in [0.05, 0.1) is 7.11 Å². The van der Waals surface area contributed by atoms with E-state index in [4.69, 9.17) is 10.5 Å². The van der Waals surface area contributed by atoms with E-state index in [1.807, 2.05) is 25.1 Å². The van der Waals surface area contributed by atoms with E-state index in [-0.39, 0.29) is 11.6 Å². The predicted molar refractivity (Wildman–Crippen MR) is 79.3 cm³/mol. The van der Waals surface area contributed by atoms with Crippen molar-refractivity contribution >= 4 is 11.8 Å². The highest BCUT2D eigenvalue weighted by Gasteiger charge is 2.15. The Kier molecular flexibility index (Phi) is 4.46. The number of nitrogens with one attached hydrogen (secondary N) is 1. The maximum Gasteiger partial charge on any atom is 0.251 e. The smallest absolute Gasteiger partial charge is 0.251 e. The van der Waals surface area contributed by atoms with E-state index in [0.717, 1.165) is 16.2 Å². The summed E-state index contributed by atoms with van der Waals surface area (Å²) in [5, 5.41) is 0.546. The van der Waals surface area contributed by atoms with E-state index < -0.39 is 0 Å². The molecule has 2 rings (SSSR count). The second kappa shape index (κ2) is 6.11. The summed E-state index contributed by atoms with van der Waals surface area (Å²) in [4.78, 5) is 19.4. The van der Waals surface area contributed by atoms with Crippen molar-refractivity contribution in [3.8, 4) is 5.75 Å². The lowest BCUT2D eigenvalue weighted by Gasteiger charge is -2.16. The van der Waals surface area contributed by atoms with E-state index in [1.165, 1.54) is 17.8 Å². The van der Waals surface area contributed by atoms with Crippen LogP contribution >= 0.6 is 11.8 Å². The minimum absolute atomic E-state index is 0.162. The minimum Gasteiger partial charge on any atom is -0.496 e. The largest absolute Gasteiger partial charge is 0.496 e. The van der Waals surface area contributed by atoms with Gasteiger partial charge in [0.15, 0.2) is 5.16 Å². The highest BCUT2D eigenvalue weighted by atomic mass is 32.2. The maximum absolute atomic E-state index is 11.5. The van der Waals surface area contributed by atoms with Gasteiger partial charge < -0.3 is 15.5 Å². The van der Waals surface area contributed by atoms with Crippen molar-refractivity contribution in [1.29, 1.82) is 0 Å². The van der Waals surface area contributed by atoms with Crippen LogP contribution in [-0.4, -0.2) is 17.1 Å². The second-order valence-corrected chi connectivity index (χ2v) is 5.49. The van der Waals surface area contributed by atoms with Gasteiger partial charge in [-0.25, -0.2) is 4.98 Å². The molecule has 0 aliphatic heterocycles. The first kappa shape index (κ1) is 14.6. The van der Waals surface area contributed by atoms with E-state index in [0.29, 0.717) is 10.9 Å². The Bertz CT molecular complexity index is 668. The zero-order valence-electron chi connectivity index (χ0n) is 11.6. The number of ether oxygens (including phenoxy) is 1. The topological polar surface area (TPSA) is 81.0 Å². The van der Waals surface area contributed by atoms with Gasteiger partial charge in [0.2, 0.25) is 0 Å². The highest BCUT2D eigenvalue weighted by Crippen LogP contribution is 2.36. The van der Waals surface area contributed by atoms with Crippen LogP contribution in [0.5, 0.6) is 5.75 Å². The molecule has 0 amide bonds. The predicted octanol–water partition coefficient (Wildman–Crippen LogP) is 2.26. The molecule has 1 heterocycles. The van der Waals surface area contributed by atoms with Gasteiger partial charge in [0, 0.05) is 28.3 Å². The Hall–Kier alpha value is -1.79. The third kappa shape index (κ3) is 3.20. The Morgan fingerprint density at radius 1 is 1.45 bits per heavy atom. The zero-order chi connectivity index (χ0) is 14.7. The summed E-state index contributed by atoms with van der Waals surface area (Å²) < 4.78 is 5.35. The fourth-order valence-corrected chi connectivity index (χ4v) is 3.04. The molecule has 2 aromatic rings. The Morgan fingerprint density at radius 2 is 2.20 bits per heavy atom. The van der Waals surface area contributed by atoms with Gasteiger partial charge in [-0.15, -0.1) is 0 Å². The van der Waals surface area contributed by atoms with Gasteiger partial charge in [-0.3, -0.25) is 4.79 Å². The van der Waals surface area contributed by atoms with Gasteiger partial charge in [-0.1, -0.05) is 17.8 Å². The Labute approximate surface area is 121 Å². The Balaban J connectivity index is 2.45. The molecule has 20 heavy (non-hydrogen) atoms. The zero-order valence-corrected chi connectivity index (χ0v) is 12.5.